The van der Waals surface area contributed by atoms with E-state index in [2.05, 4.69) is 5.32 Å². The third-order valence-electron chi connectivity index (χ3n) is 3.52. The molecule has 2 aromatic carbocycles. The lowest BCUT2D eigenvalue weighted by molar-refractivity contribution is 0.00954. The van der Waals surface area contributed by atoms with Gasteiger partial charge in [-0.1, -0.05) is 48.5 Å². The molecular formula is C20H28NO3P. The summed E-state index contributed by atoms with van der Waals surface area (Å²) in [5.74, 6) is -0.212. The van der Waals surface area contributed by atoms with E-state index in [4.69, 9.17) is 4.74 Å². The zero-order chi connectivity index (χ0) is 19.1. The highest BCUT2D eigenvalue weighted by atomic mass is 31.2. The van der Waals surface area contributed by atoms with Crippen LogP contribution in [0.1, 0.15) is 29.8 Å². The lowest BCUT2D eigenvalue weighted by Gasteiger charge is -2.16. The molecule has 0 saturated carbocycles. The molecule has 1 N–H and O–H groups in total. The summed E-state index contributed by atoms with van der Waals surface area (Å²) in [6.45, 7) is 7.36. The van der Waals surface area contributed by atoms with Gasteiger partial charge in [-0.3, -0.25) is 0 Å². The maximum absolute atomic E-state index is 11.4. The molecule has 1 aliphatic heterocycles. The predicted molar refractivity (Wildman–Crippen MR) is 105 cm³/mol. The third-order valence-corrected chi connectivity index (χ3v) is 5.06. The molecule has 5 heteroatoms. The Kier molecular flexibility index (Phi) is 7.60. The molecule has 4 nitrogen and oxygen atoms in total. The molecule has 0 spiro atoms. The molecule has 0 unspecified atom stereocenters. The Morgan fingerprint density at radius 1 is 0.920 bits per heavy atom. The van der Waals surface area contributed by atoms with E-state index in [1.165, 1.54) is 0 Å². The molecule has 0 saturated heterocycles. The minimum atomic E-state index is -2.02. The van der Waals surface area contributed by atoms with Crippen molar-refractivity contribution in [2.45, 2.75) is 19.4 Å². The van der Waals surface area contributed by atoms with Gasteiger partial charge in [0.25, 0.3) is 0 Å². The molecular weight excluding hydrogens is 333 g/mol. The summed E-state index contributed by atoms with van der Waals surface area (Å²) in [4.78, 5) is 11.3. The van der Waals surface area contributed by atoms with Crippen LogP contribution in [0.2, 0.25) is 0 Å². The van der Waals surface area contributed by atoms with Gasteiger partial charge in [0.2, 0.25) is 0 Å². The summed E-state index contributed by atoms with van der Waals surface area (Å²) in [6, 6.07) is 17.1. The second kappa shape index (κ2) is 8.98. The molecule has 0 fully saturated rings. The first-order valence-electron chi connectivity index (χ1n) is 8.15. The monoisotopic (exact) mass is 361 g/mol. The fourth-order valence-corrected chi connectivity index (χ4v) is 3.20. The fourth-order valence-electron chi connectivity index (χ4n) is 2.31. The smallest absolute Gasteiger partial charge is 0.339 e. The zero-order valence-electron chi connectivity index (χ0n) is 15.9. The minimum Gasteiger partial charge on any atom is -0.451 e. The second-order valence-electron chi connectivity index (χ2n) is 6.63. The van der Waals surface area contributed by atoms with Gasteiger partial charge in [-0.25, -0.2) is 4.79 Å². The van der Waals surface area contributed by atoms with E-state index in [-0.39, 0.29) is 5.97 Å². The Morgan fingerprint density at radius 3 is 1.84 bits per heavy atom. The molecule has 136 valence electrons. The first kappa shape index (κ1) is 21.1. The van der Waals surface area contributed by atoms with Crippen LogP contribution in [0.25, 0.3) is 0 Å². The van der Waals surface area contributed by atoms with Crippen LogP contribution in [0.3, 0.4) is 0 Å². The molecule has 0 bridgehead atoms. The number of rotatable bonds is 1. The van der Waals surface area contributed by atoms with Crippen LogP contribution in [0, 0.1) is 0 Å². The van der Waals surface area contributed by atoms with Crippen molar-refractivity contribution in [2.75, 3.05) is 27.4 Å². The number of nitrogens with one attached hydrogen (secondary N) is 1. The molecule has 0 aromatic heterocycles. The molecule has 25 heavy (non-hydrogen) atoms. The molecule has 1 aliphatic rings. The van der Waals surface area contributed by atoms with Gasteiger partial charge in [0.05, 0.1) is 5.56 Å². The topological polar surface area (TPSA) is 55.4 Å². The molecule has 0 atom stereocenters. The quantitative estimate of drug-likeness (QED) is 0.619. The van der Waals surface area contributed by atoms with Crippen molar-refractivity contribution in [3.05, 3.63) is 65.7 Å². The van der Waals surface area contributed by atoms with E-state index < -0.39 is 12.7 Å². The van der Waals surface area contributed by atoms with E-state index in [0.717, 1.165) is 10.9 Å². The lowest BCUT2D eigenvalue weighted by Crippen LogP contribution is -2.15. The number of carbonyl (C=O) groups is 1. The highest BCUT2D eigenvalue weighted by Crippen LogP contribution is 2.35. The van der Waals surface area contributed by atoms with Crippen molar-refractivity contribution >= 4 is 18.4 Å². The first-order chi connectivity index (χ1) is 11.6. The Morgan fingerprint density at radius 2 is 1.40 bits per heavy atom. The van der Waals surface area contributed by atoms with Crippen LogP contribution in [-0.2, 0) is 14.9 Å². The SMILES string of the molecule is CC1(C)OC(=O)c2ccccc21.CNC.CP(C)(=O)c1ccccc1. The molecule has 1 heterocycles. The number of benzene rings is 2. The number of cyclic esters (lactones) is 1. The Balaban J connectivity index is 0.000000220. The summed E-state index contributed by atoms with van der Waals surface area (Å²) in [6.07, 6.45) is 0. The van der Waals surface area contributed by atoms with Gasteiger partial charge in [0.15, 0.2) is 0 Å². The number of hydrogen-bond acceptors (Lipinski definition) is 4. The van der Waals surface area contributed by atoms with Crippen molar-refractivity contribution in [3.8, 4) is 0 Å². The minimum absolute atomic E-state index is 0.212. The van der Waals surface area contributed by atoms with Gasteiger partial charge in [-0.15, -0.1) is 0 Å². The standard InChI is InChI=1S/C10H10O2.C8H11OP.C2H7N/c1-10(2)8-6-4-3-5-7(8)9(11)12-10;1-10(2,9)8-6-4-3-5-7-8;1-3-2/h3-6H,1-2H3;3-7H,1-2H3;3H,1-2H3. The van der Waals surface area contributed by atoms with Crippen LogP contribution in [0.5, 0.6) is 0 Å². The van der Waals surface area contributed by atoms with Crippen LogP contribution >= 0.6 is 7.14 Å². The lowest BCUT2D eigenvalue weighted by atomic mass is 9.96. The molecule has 2 aromatic rings. The normalized spacial score (nSPS) is 14.2. The number of carbonyl (C=O) groups excluding carboxylic acids is 1. The van der Waals surface area contributed by atoms with Gasteiger partial charge >= 0.3 is 5.97 Å². The highest BCUT2D eigenvalue weighted by molar-refractivity contribution is 7.70. The van der Waals surface area contributed by atoms with Gasteiger partial charge in [-0.05, 0) is 47.3 Å². The molecule has 0 amide bonds. The largest absolute Gasteiger partial charge is 0.451 e. The Hall–Kier alpha value is -1.90. The van der Waals surface area contributed by atoms with Crippen LogP contribution in [0.4, 0.5) is 0 Å². The summed E-state index contributed by atoms with van der Waals surface area (Å²) in [7, 11) is 1.73. The van der Waals surface area contributed by atoms with Crippen LogP contribution in [0.15, 0.2) is 54.6 Å². The van der Waals surface area contributed by atoms with Gasteiger partial charge < -0.3 is 14.6 Å². The van der Waals surface area contributed by atoms with E-state index in [0.29, 0.717) is 5.56 Å². The van der Waals surface area contributed by atoms with Gasteiger partial charge in [-0.2, -0.15) is 0 Å². The maximum atomic E-state index is 11.4. The second-order valence-corrected chi connectivity index (χ2v) is 9.85. The number of fused-ring (bicyclic) bond motifs is 1. The maximum Gasteiger partial charge on any atom is 0.339 e. The van der Waals surface area contributed by atoms with Crippen molar-refractivity contribution in [3.63, 3.8) is 0 Å². The Bertz CT molecular complexity index is 736. The molecule has 0 radical (unpaired) electrons. The van der Waals surface area contributed by atoms with Crippen molar-refractivity contribution in [1.29, 1.82) is 0 Å². The molecule has 0 aliphatic carbocycles. The van der Waals surface area contributed by atoms with Crippen LogP contribution in [-0.4, -0.2) is 33.4 Å². The van der Waals surface area contributed by atoms with Gasteiger partial charge in [0, 0.05) is 10.9 Å². The summed E-state index contributed by atoms with van der Waals surface area (Å²) in [5, 5.41) is 3.70. The average molecular weight is 361 g/mol. The summed E-state index contributed by atoms with van der Waals surface area (Å²) < 4.78 is 16.6. The van der Waals surface area contributed by atoms with E-state index >= 15 is 0 Å². The zero-order valence-corrected chi connectivity index (χ0v) is 16.8. The van der Waals surface area contributed by atoms with Crippen molar-refractivity contribution < 1.29 is 14.1 Å². The molecule has 3 rings (SSSR count). The fraction of sp³-hybridized carbons (Fsp3) is 0.350. The highest BCUT2D eigenvalue weighted by Gasteiger charge is 2.36. The van der Waals surface area contributed by atoms with Crippen molar-refractivity contribution in [2.24, 2.45) is 0 Å². The van der Waals surface area contributed by atoms with E-state index in [1.54, 1.807) is 19.4 Å². The Labute approximate surface area is 151 Å². The van der Waals surface area contributed by atoms with Crippen molar-refractivity contribution in [1.82, 2.24) is 5.32 Å². The predicted octanol–water partition coefficient (Wildman–Crippen LogP) is 3.86. The van der Waals surface area contributed by atoms with E-state index in [1.807, 2.05) is 76.5 Å². The summed E-state index contributed by atoms with van der Waals surface area (Å²) in [5.41, 5.74) is 1.23. The van der Waals surface area contributed by atoms with Gasteiger partial charge in [0.1, 0.15) is 12.7 Å². The van der Waals surface area contributed by atoms with E-state index in [9.17, 15) is 9.36 Å². The average Bonchev–Trinajstić information content (AvgIpc) is 2.79. The van der Waals surface area contributed by atoms with Crippen LogP contribution < -0.4 is 10.6 Å². The number of hydrogen-bond donors (Lipinski definition) is 1. The third kappa shape index (κ3) is 6.15. The number of ether oxygens (including phenoxy) is 1. The summed E-state index contributed by atoms with van der Waals surface area (Å²) >= 11 is 0. The number of esters is 1. The first-order valence-corrected chi connectivity index (χ1v) is 10.8.